The SMILES string of the molecule is CC1(C)C(O)CCN1c1cccc(Cl)c1. The molecule has 1 fully saturated rings. The first-order chi connectivity index (χ1) is 7.01. The monoisotopic (exact) mass is 225 g/mol. The molecular weight excluding hydrogens is 210 g/mol. The van der Waals surface area contributed by atoms with Crippen LogP contribution >= 0.6 is 11.6 Å². The largest absolute Gasteiger partial charge is 0.391 e. The second-order valence-electron chi connectivity index (χ2n) is 4.59. The molecule has 2 rings (SSSR count). The van der Waals surface area contributed by atoms with Crippen molar-refractivity contribution in [1.29, 1.82) is 0 Å². The minimum absolute atomic E-state index is 0.204. The van der Waals surface area contributed by atoms with E-state index in [9.17, 15) is 5.11 Å². The normalized spacial score (nSPS) is 24.5. The first kappa shape index (κ1) is 10.8. The minimum Gasteiger partial charge on any atom is -0.391 e. The summed E-state index contributed by atoms with van der Waals surface area (Å²) in [6.45, 7) is 5.01. The summed E-state index contributed by atoms with van der Waals surface area (Å²) in [6.07, 6.45) is 0.552. The maximum Gasteiger partial charge on any atom is 0.0783 e. The molecular formula is C12H16ClNO. The second-order valence-corrected chi connectivity index (χ2v) is 5.03. The van der Waals surface area contributed by atoms with Gasteiger partial charge in [-0.15, -0.1) is 0 Å². The van der Waals surface area contributed by atoms with E-state index >= 15 is 0 Å². The Hall–Kier alpha value is -0.730. The average Bonchev–Trinajstić information content (AvgIpc) is 2.42. The average molecular weight is 226 g/mol. The maximum atomic E-state index is 9.88. The number of anilines is 1. The highest BCUT2D eigenvalue weighted by Gasteiger charge is 2.40. The first-order valence-electron chi connectivity index (χ1n) is 5.23. The molecule has 1 aliphatic rings. The number of aliphatic hydroxyl groups excluding tert-OH is 1. The van der Waals surface area contributed by atoms with Gasteiger partial charge in [0.1, 0.15) is 0 Å². The van der Waals surface area contributed by atoms with Gasteiger partial charge in [0.2, 0.25) is 0 Å². The molecule has 0 spiro atoms. The standard InChI is InChI=1S/C12H16ClNO/c1-12(2)11(15)6-7-14(12)10-5-3-4-9(13)8-10/h3-5,8,11,15H,6-7H2,1-2H3. The van der Waals surface area contributed by atoms with Crippen LogP contribution in [0.1, 0.15) is 20.3 Å². The lowest BCUT2D eigenvalue weighted by molar-refractivity contribution is 0.127. The summed E-state index contributed by atoms with van der Waals surface area (Å²) in [5.41, 5.74) is 0.883. The molecule has 1 saturated heterocycles. The van der Waals surface area contributed by atoms with E-state index in [0.29, 0.717) is 0 Å². The van der Waals surface area contributed by atoms with Gasteiger partial charge in [0.15, 0.2) is 0 Å². The van der Waals surface area contributed by atoms with E-state index in [2.05, 4.69) is 18.7 Å². The molecule has 2 nitrogen and oxygen atoms in total. The van der Waals surface area contributed by atoms with Gasteiger partial charge in [-0.1, -0.05) is 17.7 Å². The maximum absolute atomic E-state index is 9.88. The van der Waals surface area contributed by atoms with Crippen LogP contribution in [0.2, 0.25) is 5.02 Å². The molecule has 0 bridgehead atoms. The molecule has 1 heterocycles. The van der Waals surface area contributed by atoms with Crippen molar-refractivity contribution in [1.82, 2.24) is 0 Å². The number of hydrogen-bond acceptors (Lipinski definition) is 2. The van der Waals surface area contributed by atoms with E-state index < -0.39 is 0 Å². The molecule has 1 unspecified atom stereocenters. The predicted molar refractivity (Wildman–Crippen MR) is 63.5 cm³/mol. The van der Waals surface area contributed by atoms with Crippen molar-refractivity contribution in [3.63, 3.8) is 0 Å². The highest BCUT2D eigenvalue weighted by atomic mass is 35.5. The third kappa shape index (κ3) is 1.84. The Morgan fingerprint density at radius 2 is 2.20 bits per heavy atom. The zero-order valence-corrected chi connectivity index (χ0v) is 9.83. The van der Waals surface area contributed by atoms with Crippen LogP contribution in [0.4, 0.5) is 5.69 Å². The van der Waals surface area contributed by atoms with Crippen molar-refractivity contribution in [2.75, 3.05) is 11.4 Å². The van der Waals surface area contributed by atoms with Crippen LogP contribution < -0.4 is 4.90 Å². The van der Waals surface area contributed by atoms with Crippen molar-refractivity contribution in [3.05, 3.63) is 29.3 Å². The van der Waals surface area contributed by atoms with E-state index in [1.807, 2.05) is 24.3 Å². The van der Waals surface area contributed by atoms with Gasteiger partial charge in [-0.3, -0.25) is 0 Å². The molecule has 15 heavy (non-hydrogen) atoms. The summed E-state index contributed by atoms with van der Waals surface area (Å²) in [5, 5.41) is 10.6. The molecule has 3 heteroatoms. The molecule has 0 aliphatic carbocycles. The molecule has 0 amide bonds. The smallest absolute Gasteiger partial charge is 0.0783 e. The van der Waals surface area contributed by atoms with Crippen molar-refractivity contribution >= 4 is 17.3 Å². The van der Waals surface area contributed by atoms with Crippen molar-refractivity contribution in [3.8, 4) is 0 Å². The highest BCUT2D eigenvalue weighted by molar-refractivity contribution is 6.30. The lowest BCUT2D eigenvalue weighted by Gasteiger charge is -2.35. The molecule has 1 N–H and O–H groups in total. The summed E-state index contributed by atoms with van der Waals surface area (Å²) >= 11 is 5.96. The molecule has 1 aromatic carbocycles. The topological polar surface area (TPSA) is 23.5 Å². The Morgan fingerprint density at radius 1 is 1.47 bits per heavy atom. The van der Waals surface area contributed by atoms with Crippen LogP contribution in [0.15, 0.2) is 24.3 Å². The van der Waals surface area contributed by atoms with Crippen LogP contribution in [0.5, 0.6) is 0 Å². The predicted octanol–water partition coefficient (Wildman–Crippen LogP) is 2.69. The number of benzene rings is 1. The van der Waals surface area contributed by atoms with Gasteiger partial charge in [-0.25, -0.2) is 0 Å². The summed E-state index contributed by atoms with van der Waals surface area (Å²) in [7, 11) is 0. The fourth-order valence-corrected chi connectivity index (χ4v) is 2.36. The Balaban J connectivity index is 2.32. The molecule has 0 saturated carbocycles. The fourth-order valence-electron chi connectivity index (χ4n) is 2.18. The number of rotatable bonds is 1. The van der Waals surface area contributed by atoms with Gasteiger partial charge in [-0.2, -0.15) is 0 Å². The molecule has 1 aromatic rings. The first-order valence-corrected chi connectivity index (χ1v) is 5.61. The number of hydrogen-bond donors (Lipinski definition) is 1. The van der Waals surface area contributed by atoms with Crippen molar-refractivity contribution < 1.29 is 5.11 Å². The highest BCUT2D eigenvalue weighted by Crippen LogP contribution is 2.34. The van der Waals surface area contributed by atoms with Crippen LogP contribution in [0, 0.1) is 0 Å². The van der Waals surface area contributed by atoms with Gasteiger partial charge >= 0.3 is 0 Å². The minimum atomic E-state index is -0.267. The van der Waals surface area contributed by atoms with Crippen LogP contribution in [-0.2, 0) is 0 Å². The van der Waals surface area contributed by atoms with Gasteiger partial charge < -0.3 is 10.0 Å². The van der Waals surface area contributed by atoms with Gasteiger partial charge in [0.25, 0.3) is 0 Å². The molecule has 0 aromatic heterocycles. The quantitative estimate of drug-likeness (QED) is 0.795. The van der Waals surface area contributed by atoms with Crippen LogP contribution in [0.25, 0.3) is 0 Å². The summed E-state index contributed by atoms with van der Waals surface area (Å²) in [5.74, 6) is 0. The lowest BCUT2D eigenvalue weighted by Crippen LogP contribution is -2.45. The van der Waals surface area contributed by atoms with Gasteiger partial charge in [0, 0.05) is 17.3 Å². The Morgan fingerprint density at radius 3 is 2.73 bits per heavy atom. The third-order valence-corrected chi connectivity index (χ3v) is 3.49. The fraction of sp³-hybridized carbons (Fsp3) is 0.500. The van der Waals surface area contributed by atoms with E-state index in [4.69, 9.17) is 11.6 Å². The summed E-state index contributed by atoms with van der Waals surface area (Å²) < 4.78 is 0. The third-order valence-electron chi connectivity index (χ3n) is 3.26. The van der Waals surface area contributed by atoms with Gasteiger partial charge in [0.05, 0.1) is 11.6 Å². The van der Waals surface area contributed by atoms with Crippen molar-refractivity contribution in [2.24, 2.45) is 0 Å². The Kier molecular flexibility index (Phi) is 2.65. The van der Waals surface area contributed by atoms with E-state index in [-0.39, 0.29) is 11.6 Å². The van der Waals surface area contributed by atoms with E-state index in [1.54, 1.807) is 0 Å². The van der Waals surface area contributed by atoms with E-state index in [1.165, 1.54) is 0 Å². The van der Waals surface area contributed by atoms with Crippen molar-refractivity contribution in [2.45, 2.75) is 31.9 Å². The van der Waals surface area contributed by atoms with Crippen LogP contribution in [0.3, 0.4) is 0 Å². The Labute approximate surface area is 95.5 Å². The molecule has 0 radical (unpaired) electrons. The lowest BCUT2D eigenvalue weighted by atomic mass is 9.98. The van der Waals surface area contributed by atoms with Crippen LogP contribution in [-0.4, -0.2) is 23.3 Å². The van der Waals surface area contributed by atoms with E-state index in [0.717, 1.165) is 23.7 Å². The zero-order chi connectivity index (χ0) is 11.1. The molecule has 82 valence electrons. The second kappa shape index (κ2) is 3.69. The summed E-state index contributed by atoms with van der Waals surface area (Å²) in [4.78, 5) is 2.21. The number of aliphatic hydroxyl groups is 1. The Bertz CT molecular complexity index is 364. The number of nitrogens with zero attached hydrogens (tertiary/aromatic N) is 1. The van der Waals surface area contributed by atoms with Gasteiger partial charge in [-0.05, 0) is 38.5 Å². The molecule has 1 aliphatic heterocycles. The summed E-state index contributed by atoms with van der Waals surface area (Å²) in [6, 6.07) is 7.79. The number of halogens is 1. The molecule has 1 atom stereocenters. The zero-order valence-electron chi connectivity index (χ0n) is 9.07.